The van der Waals surface area contributed by atoms with E-state index in [-0.39, 0.29) is 42.2 Å². The smallest absolute Gasteiger partial charge is 0.251 e. The van der Waals surface area contributed by atoms with Crippen LogP contribution in [0.5, 0.6) is 0 Å². The van der Waals surface area contributed by atoms with Crippen LogP contribution >= 0.6 is 0 Å². The molecule has 2 heterocycles. The third-order valence-corrected chi connectivity index (χ3v) is 6.25. The molecule has 0 aromatic heterocycles. The minimum atomic E-state index is -1.45. The van der Waals surface area contributed by atoms with E-state index in [9.17, 15) is 19.5 Å². The zero-order chi connectivity index (χ0) is 22.4. The van der Waals surface area contributed by atoms with Crippen LogP contribution in [-0.4, -0.2) is 54.1 Å². The van der Waals surface area contributed by atoms with Gasteiger partial charge in [0.15, 0.2) is 6.10 Å². The second kappa shape index (κ2) is 10.2. The number of nitrogens with one attached hydrogen (secondary N) is 4. The molecule has 2 aliphatic heterocycles. The zero-order valence-corrected chi connectivity index (χ0v) is 18.3. The summed E-state index contributed by atoms with van der Waals surface area (Å²) in [5.74, 6) is -1.25. The van der Waals surface area contributed by atoms with Gasteiger partial charge >= 0.3 is 0 Å². The van der Waals surface area contributed by atoms with Gasteiger partial charge in [0, 0.05) is 19.0 Å². The van der Waals surface area contributed by atoms with Crippen LogP contribution in [-0.2, 0) is 20.9 Å². The first-order valence-electron chi connectivity index (χ1n) is 11.1. The largest absolute Gasteiger partial charge is 0.381 e. The number of rotatable bonds is 8. The molecule has 5 N–H and O–H groups in total. The number of benzene rings is 1. The summed E-state index contributed by atoms with van der Waals surface area (Å²) in [6.07, 6.45) is 1.04. The highest BCUT2D eigenvalue weighted by atomic mass is 16.3. The first-order chi connectivity index (χ1) is 14.7. The zero-order valence-electron chi connectivity index (χ0n) is 18.3. The maximum absolute atomic E-state index is 12.9. The van der Waals surface area contributed by atoms with E-state index in [1.54, 1.807) is 0 Å². The number of aliphatic hydroxyl groups is 1. The molecular weight excluding hydrogens is 396 g/mol. The highest BCUT2D eigenvalue weighted by molar-refractivity contribution is 5.86. The molecule has 8 nitrogen and oxygen atoms in total. The first kappa shape index (κ1) is 23.2. The summed E-state index contributed by atoms with van der Waals surface area (Å²) >= 11 is 0. The van der Waals surface area contributed by atoms with Crippen molar-refractivity contribution in [2.75, 3.05) is 13.1 Å². The summed E-state index contributed by atoms with van der Waals surface area (Å²) in [7, 11) is 0. The van der Waals surface area contributed by atoms with E-state index in [0.29, 0.717) is 19.4 Å². The van der Waals surface area contributed by atoms with Crippen molar-refractivity contribution in [3.63, 3.8) is 0 Å². The van der Waals surface area contributed by atoms with Crippen LogP contribution in [0.25, 0.3) is 0 Å². The summed E-state index contributed by atoms with van der Waals surface area (Å²) in [6, 6.07) is 8.17. The fraction of sp³-hybridized carbons (Fsp3) is 0.609. The van der Waals surface area contributed by atoms with Crippen molar-refractivity contribution in [2.24, 2.45) is 11.3 Å². The Morgan fingerprint density at radius 2 is 1.97 bits per heavy atom. The Hall–Kier alpha value is -2.45. The molecule has 0 bridgehead atoms. The monoisotopic (exact) mass is 430 g/mol. The SMILES string of the molecule is CC1(C)CCN[C@H](C(=O)N[C@@H](C[C@@H]2CCNC2=O)C(O)C(=O)NCc2ccccc2)C1. The summed E-state index contributed by atoms with van der Waals surface area (Å²) in [6.45, 7) is 5.83. The van der Waals surface area contributed by atoms with Crippen molar-refractivity contribution >= 4 is 17.7 Å². The molecule has 170 valence electrons. The Morgan fingerprint density at radius 3 is 2.61 bits per heavy atom. The van der Waals surface area contributed by atoms with Crippen LogP contribution in [0, 0.1) is 11.3 Å². The van der Waals surface area contributed by atoms with Crippen LogP contribution < -0.4 is 21.3 Å². The van der Waals surface area contributed by atoms with E-state index in [0.717, 1.165) is 18.5 Å². The highest BCUT2D eigenvalue weighted by Gasteiger charge is 2.37. The number of amides is 3. The van der Waals surface area contributed by atoms with E-state index in [1.165, 1.54) is 0 Å². The highest BCUT2D eigenvalue weighted by Crippen LogP contribution is 2.29. The Kier molecular flexibility index (Phi) is 7.67. The molecule has 1 aromatic rings. The molecular formula is C23H34N4O4. The van der Waals surface area contributed by atoms with Crippen molar-refractivity contribution in [3.8, 4) is 0 Å². The van der Waals surface area contributed by atoms with Gasteiger partial charge in [0.25, 0.3) is 5.91 Å². The standard InChI is InChI=1S/C23H34N4O4/c1-23(2)9-11-24-18(13-23)21(30)27-17(12-16-8-10-25-20(16)29)19(28)22(31)26-14-15-6-4-3-5-7-15/h3-7,16-19,24,28H,8-14H2,1-2H3,(H,25,29)(H,26,31)(H,27,30)/t16-,17-,18-,19?/m0/s1. The summed E-state index contributed by atoms with van der Waals surface area (Å²) < 4.78 is 0. The van der Waals surface area contributed by atoms with Gasteiger partial charge in [0.1, 0.15) is 0 Å². The van der Waals surface area contributed by atoms with E-state index in [2.05, 4.69) is 35.1 Å². The van der Waals surface area contributed by atoms with Crippen molar-refractivity contribution in [1.82, 2.24) is 21.3 Å². The fourth-order valence-corrected chi connectivity index (χ4v) is 4.30. The summed E-state index contributed by atoms with van der Waals surface area (Å²) in [5, 5.41) is 22.4. The molecule has 0 radical (unpaired) electrons. The van der Waals surface area contributed by atoms with Gasteiger partial charge in [-0.05, 0) is 43.2 Å². The van der Waals surface area contributed by atoms with E-state index in [4.69, 9.17) is 0 Å². The Bertz CT molecular complexity index is 783. The third kappa shape index (κ3) is 6.51. The lowest BCUT2D eigenvalue weighted by Crippen LogP contribution is -2.57. The minimum absolute atomic E-state index is 0.0414. The third-order valence-electron chi connectivity index (χ3n) is 6.25. The topological polar surface area (TPSA) is 120 Å². The van der Waals surface area contributed by atoms with E-state index < -0.39 is 18.1 Å². The van der Waals surface area contributed by atoms with Crippen LogP contribution in [0.2, 0.25) is 0 Å². The van der Waals surface area contributed by atoms with E-state index in [1.807, 2.05) is 30.3 Å². The normalized spacial score (nSPS) is 24.7. The lowest BCUT2D eigenvalue weighted by molar-refractivity contribution is -0.134. The lowest BCUT2D eigenvalue weighted by atomic mass is 9.79. The van der Waals surface area contributed by atoms with Crippen LogP contribution in [0.4, 0.5) is 0 Å². The van der Waals surface area contributed by atoms with Gasteiger partial charge in [-0.2, -0.15) is 0 Å². The molecule has 3 rings (SSSR count). The molecule has 0 spiro atoms. The number of hydrogen-bond acceptors (Lipinski definition) is 5. The Labute approximate surface area is 183 Å². The molecule has 4 atom stereocenters. The predicted molar refractivity (Wildman–Crippen MR) is 117 cm³/mol. The molecule has 0 aliphatic carbocycles. The van der Waals surface area contributed by atoms with Crippen molar-refractivity contribution in [1.29, 1.82) is 0 Å². The number of aliphatic hydroxyl groups excluding tert-OH is 1. The molecule has 0 saturated carbocycles. The molecule has 2 aliphatic rings. The molecule has 1 unspecified atom stereocenters. The maximum Gasteiger partial charge on any atom is 0.251 e. The molecule has 2 saturated heterocycles. The van der Waals surface area contributed by atoms with Gasteiger partial charge in [-0.25, -0.2) is 0 Å². The number of carbonyl (C=O) groups excluding carboxylic acids is 3. The predicted octanol–water partition coefficient (Wildman–Crippen LogP) is 0.453. The first-order valence-corrected chi connectivity index (χ1v) is 11.1. The average molecular weight is 431 g/mol. The van der Waals surface area contributed by atoms with E-state index >= 15 is 0 Å². The van der Waals surface area contributed by atoms with Crippen molar-refractivity contribution in [3.05, 3.63) is 35.9 Å². The van der Waals surface area contributed by atoms with Crippen LogP contribution in [0.1, 0.15) is 45.1 Å². The maximum atomic E-state index is 12.9. The fourth-order valence-electron chi connectivity index (χ4n) is 4.30. The van der Waals surface area contributed by atoms with Gasteiger partial charge < -0.3 is 26.4 Å². The molecule has 3 amide bonds. The second-order valence-electron chi connectivity index (χ2n) is 9.40. The number of carbonyl (C=O) groups is 3. The Balaban J connectivity index is 1.65. The van der Waals surface area contributed by atoms with Gasteiger partial charge in [-0.1, -0.05) is 44.2 Å². The summed E-state index contributed by atoms with van der Waals surface area (Å²) in [5.41, 5.74) is 0.951. The quantitative estimate of drug-likeness (QED) is 0.410. The van der Waals surface area contributed by atoms with Gasteiger partial charge in [0.05, 0.1) is 12.1 Å². The van der Waals surface area contributed by atoms with Gasteiger partial charge in [-0.3, -0.25) is 14.4 Å². The number of hydrogen-bond donors (Lipinski definition) is 5. The molecule has 31 heavy (non-hydrogen) atoms. The van der Waals surface area contributed by atoms with Crippen LogP contribution in [0.3, 0.4) is 0 Å². The molecule has 2 fully saturated rings. The Morgan fingerprint density at radius 1 is 1.23 bits per heavy atom. The summed E-state index contributed by atoms with van der Waals surface area (Å²) in [4.78, 5) is 37.7. The average Bonchev–Trinajstić information content (AvgIpc) is 3.15. The van der Waals surface area contributed by atoms with Crippen molar-refractivity contribution < 1.29 is 19.5 Å². The van der Waals surface area contributed by atoms with Crippen LogP contribution in [0.15, 0.2) is 30.3 Å². The number of piperidine rings is 1. The second-order valence-corrected chi connectivity index (χ2v) is 9.40. The van der Waals surface area contributed by atoms with Gasteiger partial charge in [0.2, 0.25) is 11.8 Å². The van der Waals surface area contributed by atoms with Gasteiger partial charge in [-0.15, -0.1) is 0 Å². The molecule has 1 aromatic carbocycles. The minimum Gasteiger partial charge on any atom is -0.381 e. The lowest BCUT2D eigenvalue weighted by Gasteiger charge is -2.36. The van der Waals surface area contributed by atoms with Crippen molar-refractivity contribution in [2.45, 2.75) is 64.3 Å². The molecule has 8 heteroatoms.